The zero-order valence-corrected chi connectivity index (χ0v) is 13.2. The third-order valence-electron chi connectivity index (χ3n) is 3.20. The Morgan fingerprint density at radius 2 is 2.05 bits per heavy atom. The summed E-state index contributed by atoms with van der Waals surface area (Å²) >= 11 is 6.56. The van der Waals surface area contributed by atoms with Crippen molar-refractivity contribution in [3.63, 3.8) is 0 Å². The van der Waals surface area contributed by atoms with Crippen molar-refractivity contribution in [2.75, 3.05) is 18.4 Å². The van der Waals surface area contributed by atoms with E-state index in [2.05, 4.69) is 10.2 Å². The number of nitrogens with zero attached hydrogens (tertiary/aromatic N) is 1. The third-order valence-corrected chi connectivity index (χ3v) is 4.77. The monoisotopic (exact) mass is 330 g/mol. The number of thioether (sulfide) groups is 1. The molecule has 1 N–H and O–H groups in total. The molecule has 1 aromatic rings. The van der Waals surface area contributed by atoms with Crippen LogP contribution in [0.2, 0.25) is 0 Å². The van der Waals surface area contributed by atoms with Crippen LogP contribution in [-0.4, -0.2) is 33.5 Å². The second-order valence-corrected chi connectivity index (χ2v) is 6.81. The van der Waals surface area contributed by atoms with Crippen molar-refractivity contribution >= 4 is 39.9 Å². The summed E-state index contributed by atoms with van der Waals surface area (Å²) in [4.78, 5) is 14.1. The molecule has 7 heteroatoms. The maximum atomic E-state index is 13.5. The fourth-order valence-corrected chi connectivity index (χ4v) is 3.42. The van der Waals surface area contributed by atoms with E-state index in [0.717, 1.165) is 44.1 Å². The summed E-state index contributed by atoms with van der Waals surface area (Å²) in [6.07, 6.45) is 2.21. The smallest absolute Gasteiger partial charge is 0.237 e. The highest BCUT2D eigenvalue weighted by molar-refractivity contribution is 8.23. The number of thiocarbonyl (C=S) groups is 1. The Hall–Kier alpha value is -1.21. The molecule has 1 atom stereocenters. The van der Waals surface area contributed by atoms with Gasteiger partial charge >= 0.3 is 0 Å². The van der Waals surface area contributed by atoms with Crippen molar-refractivity contribution in [2.45, 2.75) is 25.0 Å². The van der Waals surface area contributed by atoms with E-state index in [-0.39, 0.29) is 5.69 Å². The number of benzene rings is 1. The summed E-state index contributed by atoms with van der Waals surface area (Å²) in [6.45, 7) is 3.52. The van der Waals surface area contributed by atoms with Crippen LogP contribution < -0.4 is 5.32 Å². The zero-order valence-electron chi connectivity index (χ0n) is 11.6. The van der Waals surface area contributed by atoms with Crippen LogP contribution in [0, 0.1) is 11.6 Å². The standard InChI is InChI=1S/C14H16F2N2OS2/c1-9(21-14(20)18-6-2-3-7-18)13(19)17-12-8-10(15)4-5-11(12)16/h4-5,8-9H,2-3,6-7H2,1H3,(H,17,19). The fraction of sp³-hybridized carbons (Fsp3) is 0.429. The largest absolute Gasteiger partial charge is 0.358 e. The van der Waals surface area contributed by atoms with Gasteiger partial charge in [0.05, 0.1) is 10.9 Å². The molecule has 1 amide bonds. The summed E-state index contributed by atoms with van der Waals surface area (Å²) in [5.41, 5.74) is -0.153. The minimum absolute atomic E-state index is 0.153. The van der Waals surface area contributed by atoms with E-state index in [1.165, 1.54) is 11.8 Å². The van der Waals surface area contributed by atoms with Crippen molar-refractivity contribution in [1.82, 2.24) is 4.90 Å². The summed E-state index contributed by atoms with van der Waals surface area (Å²) in [6, 6.07) is 2.95. The number of carbonyl (C=O) groups excluding carboxylic acids is 1. The lowest BCUT2D eigenvalue weighted by Crippen LogP contribution is -2.29. The van der Waals surface area contributed by atoms with Crippen molar-refractivity contribution in [1.29, 1.82) is 0 Å². The van der Waals surface area contributed by atoms with Crippen molar-refractivity contribution in [2.24, 2.45) is 0 Å². The van der Waals surface area contributed by atoms with Crippen LogP contribution in [0.3, 0.4) is 0 Å². The van der Waals surface area contributed by atoms with Gasteiger partial charge in [-0.2, -0.15) is 0 Å². The number of nitrogens with one attached hydrogen (secondary N) is 1. The lowest BCUT2D eigenvalue weighted by atomic mass is 10.3. The molecule has 1 heterocycles. The van der Waals surface area contributed by atoms with E-state index >= 15 is 0 Å². The van der Waals surface area contributed by atoms with Gasteiger partial charge in [-0.3, -0.25) is 4.79 Å². The van der Waals surface area contributed by atoms with Crippen molar-refractivity contribution < 1.29 is 13.6 Å². The highest BCUT2D eigenvalue weighted by atomic mass is 32.2. The quantitative estimate of drug-likeness (QED) is 0.861. The molecule has 3 nitrogen and oxygen atoms in total. The molecule has 114 valence electrons. The Bertz CT molecular complexity index is 548. The van der Waals surface area contributed by atoms with Gasteiger partial charge in [-0.15, -0.1) is 0 Å². The maximum absolute atomic E-state index is 13.5. The number of hydrogen-bond donors (Lipinski definition) is 1. The first-order valence-corrected chi connectivity index (χ1v) is 7.97. The van der Waals surface area contributed by atoms with Gasteiger partial charge in [0.1, 0.15) is 16.0 Å². The Labute approximate surface area is 132 Å². The number of hydrogen-bond acceptors (Lipinski definition) is 3. The molecule has 2 rings (SSSR count). The van der Waals surface area contributed by atoms with Gasteiger partial charge in [0.25, 0.3) is 0 Å². The molecule has 0 aromatic heterocycles. The molecule has 0 saturated carbocycles. The van der Waals surface area contributed by atoms with E-state index in [0.29, 0.717) is 4.32 Å². The molecule has 1 aliphatic rings. The molecule has 0 bridgehead atoms. The second kappa shape index (κ2) is 7.17. The molecule has 1 unspecified atom stereocenters. The predicted molar refractivity (Wildman–Crippen MR) is 85.4 cm³/mol. The average molecular weight is 330 g/mol. The number of amides is 1. The van der Waals surface area contributed by atoms with E-state index in [1.807, 2.05) is 0 Å². The molecule has 1 aromatic carbocycles. The number of rotatable bonds is 3. The van der Waals surface area contributed by atoms with Gasteiger partial charge in [-0.1, -0.05) is 24.0 Å². The summed E-state index contributed by atoms with van der Waals surface area (Å²) in [7, 11) is 0. The van der Waals surface area contributed by atoms with Crippen LogP contribution in [0.4, 0.5) is 14.5 Å². The van der Waals surface area contributed by atoms with Crippen LogP contribution in [0.5, 0.6) is 0 Å². The second-order valence-electron chi connectivity index (χ2n) is 4.83. The number of anilines is 1. The van der Waals surface area contributed by atoms with Gasteiger partial charge < -0.3 is 10.2 Å². The van der Waals surface area contributed by atoms with E-state index < -0.39 is 22.8 Å². The van der Waals surface area contributed by atoms with Gasteiger partial charge in [-0.05, 0) is 31.9 Å². The van der Waals surface area contributed by atoms with Gasteiger partial charge in [0.15, 0.2) is 0 Å². The van der Waals surface area contributed by atoms with Crippen LogP contribution in [0.15, 0.2) is 18.2 Å². The van der Waals surface area contributed by atoms with E-state index in [4.69, 9.17) is 12.2 Å². The topological polar surface area (TPSA) is 32.3 Å². The molecular weight excluding hydrogens is 314 g/mol. The van der Waals surface area contributed by atoms with E-state index in [9.17, 15) is 13.6 Å². The molecule has 1 fully saturated rings. The molecule has 0 radical (unpaired) electrons. The van der Waals surface area contributed by atoms with Gasteiger partial charge in [0, 0.05) is 19.2 Å². The predicted octanol–water partition coefficient (Wildman–Crippen LogP) is 3.41. The average Bonchev–Trinajstić information content (AvgIpc) is 2.97. The minimum atomic E-state index is -0.663. The molecule has 0 spiro atoms. The first-order valence-electron chi connectivity index (χ1n) is 6.69. The van der Waals surface area contributed by atoms with Crippen molar-refractivity contribution in [3.05, 3.63) is 29.8 Å². The highest BCUT2D eigenvalue weighted by Crippen LogP contribution is 2.22. The first-order chi connectivity index (χ1) is 9.97. The van der Waals surface area contributed by atoms with Crippen LogP contribution >= 0.6 is 24.0 Å². The highest BCUT2D eigenvalue weighted by Gasteiger charge is 2.22. The summed E-state index contributed by atoms with van der Waals surface area (Å²) in [5, 5.41) is 1.92. The summed E-state index contributed by atoms with van der Waals surface area (Å²) in [5.74, 6) is -1.66. The lowest BCUT2D eigenvalue weighted by molar-refractivity contribution is -0.115. The van der Waals surface area contributed by atoms with Gasteiger partial charge in [-0.25, -0.2) is 8.78 Å². The van der Waals surface area contributed by atoms with Crippen molar-refractivity contribution in [3.8, 4) is 0 Å². The Balaban J connectivity index is 1.93. The fourth-order valence-electron chi connectivity index (χ4n) is 2.01. The number of carbonyl (C=O) groups is 1. The SMILES string of the molecule is CC(SC(=S)N1CCCC1)C(=O)Nc1cc(F)ccc1F. The third kappa shape index (κ3) is 4.38. The summed E-state index contributed by atoms with van der Waals surface area (Å²) < 4.78 is 27.2. The maximum Gasteiger partial charge on any atom is 0.237 e. The first kappa shape index (κ1) is 16.2. The van der Waals surface area contributed by atoms with Crippen LogP contribution in [0.1, 0.15) is 19.8 Å². The van der Waals surface area contributed by atoms with Gasteiger partial charge in [0.2, 0.25) is 5.91 Å². The molecule has 0 aliphatic carbocycles. The molecule has 1 aliphatic heterocycles. The number of likely N-dealkylation sites (tertiary alicyclic amines) is 1. The molecule has 1 saturated heterocycles. The lowest BCUT2D eigenvalue weighted by Gasteiger charge is -2.20. The Kier molecular flexibility index (Phi) is 5.52. The van der Waals surface area contributed by atoms with Crippen LogP contribution in [-0.2, 0) is 4.79 Å². The Morgan fingerprint density at radius 1 is 1.38 bits per heavy atom. The molecule has 21 heavy (non-hydrogen) atoms. The zero-order chi connectivity index (χ0) is 15.4. The number of halogens is 2. The minimum Gasteiger partial charge on any atom is -0.358 e. The molecular formula is C14H16F2N2OS2. The van der Waals surface area contributed by atoms with Crippen LogP contribution in [0.25, 0.3) is 0 Å². The van der Waals surface area contributed by atoms with E-state index in [1.54, 1.807) is 6.92 Å². The normalized spacial score (nSPS) is 15.9. The Morgan fingerprint density at radius 3 is 2.71 bits per heavy atom.